The average molecular weight is 356 g/mol. The van der Waals surface area contributed by atoms with E-state index in [0.29, 0.717) is 12.2 Å². The predicted octanol–water partition coefficient (Wildman–Crippen LogP) is 0.453. The summed E-state index contributed by atoms with van der Waals surface area (Å²) in [6, 6.07) is 12.1. The fraction of sp³-hybridized carbons (Fsp3) is 0.381. The van der Waals surface area contributed by atoms with Crippen LogP contribution in [0.5, 0.6) is 0 Å². The minimum Gasteiger partial charge on any atom is -0.462 e. The lowest BCUT2D eigenvalue weighted by atomic mass is 10.2. The van der Waals surface area contributed by atoms with E-state index in [2.05, 4.69) is 36.4 Å². The van der Waals surface area contributed by atoms with E-state index in [0.717, 1.165) is 45.0 Å². The summed E-state index contributed by atoms with van der Waals surface area (Å²) in [6.45, 7) is 8.42. The van der Waals surface area contributed by atoms with Gasteiger partial charge in [0.25, 0.3) is 0 Å². The lowest BCUT2D eigenvalue weighted by Crippen LogP contribution is -3.27. The van der Waals surface area contributed by atoms with E-state index in [4.69, 9.17) is 9.15 Å². The van der Waals surface area contributed by atoms with Gasteiger partial charge in [-0.1, -0.05) is 36.4 Å². The topological polar surface area (TPSA) is 48.3 Å². The monoisotopic (exact) mass is 356 g/mol. The van der Waals surface area contributed by atoms with Gasteiger partial charge in [-0.3, -0.25) is 0 Å². The Kier molecular flexibility index (Phi) is 6.63. The zero-order valence-electron chi connectivity index (χ0n) is 15.4. The number of carbonyl (C=O) groups excluding carboxylic acids is 1. The summed E-state index contributed by atoms with van der Waals surface area (Å²) in [5.74, 6) is 0.455. The van der Waals surface area contributed by atoms with E-state index in [1.165, 1.54) is 10.5 Å². The maximum absolute atomic E-state index is 12.0. The third-order valence-corrected chi connectivity index (χ3v) is 4.83. The van der Waals surface area contributed by atoms with Gasteiger partial charge in [0.05, 0.1) is 19.4 Å². The molecule has 1 fully saturated rings. The van der Waals surface area contributed by atoms with Gasteiger partial charge in [0.2, 0.25) is 0 Å². The number of benzene rings is 1. The largest absolute Gasteiger partial charge is 0.462 e. The molecule has 26 heavy (non-hydrogen) atoms. The third kappa shape index (κ3) is 5.07. The summed E-state index contributed by atoms with van der Waals surface area (Å²) >= 11 is 0. The number of rotatable bonds is 7. The number of ether oxygens (including phenoxy) is 1. The van der Waals surface area contributed by atoms with E-state index in [-0.39, 0.29) is 5.97 Å². The minimum absolute atomic E-state index is 0.286. The first kappa shape index (κ1) is 18.4. The van der Waals surface area contributed by atoms with Crippen LogP contribution in [0.2, 0.25) is 0 Å². The Balaban J connectivity index is 1.45. The van der Waals surface area contributed by atoms with E-state index < -0.39 is 0 Å². The number of nitrogens with one attached hydrogen (secondary N) is 2. The summed E-state index contributed by atoms with van der Waals surface area (Å²) in [4.78, 5) is 15.0. The second-order valence-electron chi connectivity index (χ2n) is 6.67. The fourth-order valence-corrected chi connectivity index (χ4v) is 3.36. The standard InChI is InChI=1S/C21H26N2O3/c1-2-25-21(24)19-10-16-26-20(19)17-23-14-12-22(13-15-23)11-6-9-18-7-4-3-5-8-18/h3-10,16H,2,11-15,17H2,1H3/p+2/b9-6+. The Morgan fingerprint density at radius 1 is 1.12 bits per heavy atom. The van der Waals surface area contributed by atoms with E-state index in [1.807, 2.05) is 13.0 Å². The number of piperazine rings is 1. The Bertz CT molecular complexity index is 716. The summed E-state index contributed by atoms with van der Waals surface area (Å²) in [6.07, 6.45) is 6.04. The van der Waals surface area contributed by atoms with Gasteiger partial charge in [-0.15, -0.1) is 0 Å². The molecule has 2 N–H and O–H groups in total. The molecular formula is C21H28N2O3+2. The highest BCUT2D eigenvalue weighted by Gasteiger charge is 2.25. The van der Waals surface area contributed by atoms with Crippen LogP contribution >= 0.6 is 0 Å². The molecule has 0 atom stereocenters. The summed E-state index contributed by atoms with van der Waals surface area (Å²) in [5, 5.41) is 0. The molecule has 2 heterocycles. The lowest BCUT2D eigenvalue weighted by molar-refractivity contribution is -1.02. The summed E-state index contributed by atoms with van der Waals surface area (Å²) in [5.41, 5.74) is 1.82. The molecule has 0 amide bonds. The smallest absolute Gasteiger partial charge is 0.341 e. The number of furan rings is 1. The number of carbonyl (C=O) groups is 1. The molecule has 0 spiro atoms. The first-order chi connectivity index (χ1) is 12.8. The molecule has 2 aromatic rings. The maximum Gasteiger partial charge on any atom is 0.341 e. The van der Waals surface area contributed by atoms with Gasteiger partial charge < -0.3 is 19.0 Å². The van der Waals surface area contributed by atoms with Gasteiger partial charge in [-0.25, -0.2) is 4.79 Å². The molecule has 0 bridgehead atoms. The summed E-state index contributed by atoms with van der Waals surface area (Å²) in [7, 11) is 0. The molecule has 0 unspecified atom stereocenters. The van der Waals surface area contributed by atoms with Crippen LogP contribution in [-0.2, 0) is 11.3 Å². The molecule has 1 aromatic carbocycles. The molecule has 1 aliphatic heterocycles. The van der Waals surface area contributed by atoms with Crippen LogP contribution in [0.25, 0.3) is 6.08 Å². The number of hydrogen-bond acceptors (Lipinski definition) is 3. The van der Waals surface area contributed by atoms with Gasteiger partial charge in [-0.2, -0.15) is 0 Å². The molecule has 0 aliphatic carbocycles. The van der Waals surface area contributed by atoms with Crippen LogP contribution in [0.1, 0.15) is 28.6 Å². The predicted molar refractivity (Wildman–Crippen MR) is 100 cm³/mol. The van der Waals surface area contributed by atoms with Crippen LogP contribution < -0.4 is 9.80 Å². The van der Waals surface area contributed by atoms with Crippen LogP contribution in [0, 0.1) is 0 Å². The van der Waals surface area contributed by atoms with Crippen molar-refractivity contribution in [1.82, 2.24) is 0 Å². The third-order valence-electron chi connectivity index (χ3n) is 4.83. The van der Waals surface area contributed by atoms with Crippen molar-refractivity contribution in [1.29, 1.82) is 0 Å². The normalized spacial score (nSPS) is 20.3. The van der Waals surface area contributed by atoms with Crippen molar-refractivity contribution in [3.63, 3.8) is 0 Å². The Morgan fingerprint density at radius 3 is 2.58 bits per heavy atom. The van der Waals surface area contributed by atoms with E-state index in [9.17, 15) is 4.79 Å². The molecule has 5 heteroatoms. The second kappa shape index (κ2) is 9.36. The molecule has 5 nitrogen and oxygen atoms in total. The average Bonchev–Trinajstić information content (AvgIpc) is 3.12. The van der Waals surface area contributed by atoms with Crippen molar-refractivity contribution in [3.8, 4) is 0 Å². The molecule has 1 saturated heterocycles. The lowest BCUT2D eigenvalue weighted by Gasteiger charge is -2.28. The highest BCUT2D eigenvalue weighted by Crippen LogP contribution is 2.11. The first-order valence-electron chi connectivity index (χ1n) is 9.38. The molecule has 1 aromatic heterocycles. The van der Waals surface area contributed by atoms with Gasteiger partial charge >= 0.3 is 5.97 Å². The number of esters is 1. The van der Waals surface area contributed by atoms with Crippen molar-refractivity contribution in [2.45, 2.75) is 13.5 Å². The van der Waals surface area contributed by atoms with Crippen molar-refractivity contribution in [2.24, 2.45) is 0 Å². The van der Waals surface area contributed by atoms with E-state index >= 15 is 0 Å². The SMILES string of the molecule is CCOC(=O)c1ccoc1C[NH+]1CC[NH+](C/C=C/c2ccccc2)CC1. The van der Waals surface area contributed by atoms with Gasteiger partial charge in [0.1, 0.15) is 38.3 Å². The van der Waals surface area contributed by atoms with Gasteiger partial charge in [0, 0.05) is 0 Å². The van der Waals surface area contributed by atoms with Crippen molar-refractivity contribution in [2.75, 3.05) is 39.3 Å². The number of quaternary nitrogens is 2. The Morgan fingerprint density at radius 2 is 1.85 bits per heavy atom. The van der Waals surface area contributed by atoms with Crippen LogP contribution in [0.4, 0.5) is 0 Å². The minimum atomic E-state index is -0.286. The van der Waals surface area contributed by atoms with Crippen molar-refractivity contribution < 1.29 is 23.7 Å². The van der Waals surface area contributed by atoms with Gasteiger partial charge in [0.15, 0.2) is 5.76 Å². The molecule has 0 radical (unpaired) electrons. The zero-order valence-corrected chi connectivity index (χ0v) is 15.4. The quantitative estimate of drug-likeness (QED) is 0.709. The van der Waals surface area contributed by atoms with Crippen molar-refractivity contribution in [3.05, 3.63) is 65.6 Å². The Hall–Kier alpha value is -2.37. The second-order valence-corrected chi connectivity index (χ2v) is 6.67. The van der Waals surface area contributed by atoms with Crippen LogP contribution in [-0.4, -0.2) is 45.3 Å². The fourth-order valence-electron chi connectivity index (χ4n) is 3.36. The van der Waals surface area contributed by atoms with Crippen molar-refractivity contribution >= 4 is 12.0 Å². The molecule has 0 saturated carbocycles. The van der Waals surface area contributed by atoms with Crippen LogP contribution in [0.15, 0.2) is 53.2 Å². The Labute approximate surface area is 154 Å². The zero-order chi connectivity index (χ0) is 18.2. The molecule has 138 valence electrons. The molecule has 1 aliphatic rings. The first-order valence-corrected chi connectivity index (χ1v) is 9.38. The van der Waals surface area contributed by atoms with E-state index in [1.54, 1.807) is 17.2 Å². The maximum atomic E-state index is 12.0. The molecular weight excluding hydrogens is 328 g/mol. The number of hydrogen-bond donors (Lipinski definition) is 2. The molecule has 3 rings (SSSR count). The van der Waals surface area contributed by atoms with Crippen LogP contribution in [0.3, 0.4) is 0 Å². The highest BCUT2D eigenvalue weighted by atomic mass is 16.5. The highest BCUT2D eigenvalue weighted by molar-refractivity contribution is 5.90. The van der Waals surface area contributed by atoms with Gasteiger partial charge in [-0.05, 0) is 24.6 Å². The summed E-state index contributed by atoms with van der Waals surface area (Å²) < 4.78 is 10.6.